The molecule has 0 unspecified atom stereocenters. The van der Waals surface area contributed by atoms with Crippen molar-refractivity contribution < 1.29 is 4.74 Å². The smallest absolute Gasteiger partial charge is 0.112 e. The third-order valence-corrected chi connectivity index (χ3v) is 4.36. The summed E-state index contributed by atoms with van der Waals surface area (Å²) in [7, 11) is 0. The van der Waals surface area contributed by atoms with Crippen molar-refractivity contribution in [3.05, 3.63) is 48.0 Å². The van der Waals surface area contributed by atoms with Crippen LogP contribution in [0.15, 0.2) is 36.7 Å². The predicted octanol–water partition coefficient (Wildman–Crippen LogP) is 2.65. The first-order chi connectivity index (χ1) is 10.4. The molecule has 1 saturated heterocycles. The highest BCUT2D eigenvalue weighted by Crippen LogP contribution is 2.39. The van der Waals surface area contributed by atoms with Crippen LogP contribution in [0.3, 0.4) is 0 Å². The quantitative estimate of drug-likeness (QED) is 0.864. The zero-order valence-electron chi connectivity index (χ0n) is 12.2. The van der Waals surface area contributed by atoms with Gasteiger partial charge in [-0.15, -0.1) is 0 Å². The van der Waals surface area contributed by atoms with E-state index in [9.17, 15) is 0 Å². The Morgan fingerprint density at radius 1 is 1.10 bits per heavy atom. The number of hydrogen-bond donors (Lipinski definition) is 0. The highest BCUT2D eigenvalue weighted by Gasteiger charge is 2.27. The summed E-state index contributed by atoms with van der Waals surface area (Å²) in [5, 5.41) is 0. The maximum Gasteiger partial charge on any atom is 0.112 e. The van der Waals surface area contributed by atoms with Crippen molar-refractivity contribution in [2.24, 2.45) is 0 Å². The molecule has 1 aliphatic heterocycles. The second kappa shape index (κ2) is 5.53. The van der Waals surface area contributed by atoms with E-state index < -0.39 is 0 Å². The van der Waals surface area contributed by atoms with Crippen LogP contribution in [0.5, 0.6) is 0 Å². The fourth-order valence-corrected chi connectivity index (χ4v) is 2.99. The van der Waals surface area contributed by atoms with Gasteiger partial charge in [-0.05, 0) is 30.5 Å². The van der Waals surface area contributed by atoms with Crippen molar-refractivity contribution >= 4 is 5.69 Å². The molecule has 4 nitrogen and oxygen atoms in total. The molecular weight excluding hydrogens is 262 g/mol. The zero-order valence-corrected chi connectivity index (χ0v) is 12.2. The fraction of sp³-hybridized carbons (Fsp3) is 0.471. The van der Waals surface area contributed by atoms with Crippen LogP contribution >= 0.6 is 0 Å². The van der Waals surface area contributed by atoms with E-state index in [1.807, 2.05) is 6.20 Å². The first-order valence-electron chi connectivity index (χ1n) is 7.83. The molecule has 1 saturated carbocycles. The van der Waals surface area contributed by atoms with E-state index in [0.29, 0.717) is 5.92 Å². The highest BCUT2D eigenvalue weighted by atomic mass is 16.5. The number of anilines is 1. The Balaban J connectivity index is 1.47. The number of hydrogen-bond acceptors (Lipinski definition) is 3. The third kappa shape index (κ3) is 2.81. The van der Waals surface area contributed by atoms with Crippen LogP contribution in [0.4, 0.5) is 5.69 Å². The van der Waals surface area contributed by atoms with E-state index in [1.54, 1.807) is 0 Å². The molecule has 1 aromatic carbocycles. The average Bonchev–Trinajstić information content (AvgIpc) is 3.29. The first kappa shape index (κ1) is 12.9. The fourth-order valence-electron chi connectivity index (χ4n) is 2.99. The number of imidazole rings is 1. The molecule has 2 heterocycles. The van der Waals surface area contributed by atoms with Crippen LogP contribution < -0.4 is 4.90 Å². The Morgan fingerprint density at radius 2 is 1.86 bits per heavy atom. The summed E-state index contributed by atoms with van der Waals surface area (Å²) in [5.41, 5.74) is 2.64. The molecule has 4 rings (SSSR count). The number of nitrogens with zero attached hydrogens (tertiary/aromatic N) is 3. The number of rotatable bonds is 4. The molecule has 1 aliphatic carbocycles. The summed E-state index contributed by atoms with van der Waals surface area (Å²) in [5.74, 6) is 1.96. The Labute approximate surface area is 125 Å². The maximum absolute atomic E-state index is 5.40. The Hall–Kier alpha value is -1.81. The molecule has 21 heavy (non-hydrogen) atoms. The van der Waals surface area contributed by atoms with Gasteiger partial charge < -0.3 is 14.2 Å². The van der Waals surface area contributed by atoms with Crippen molar-refractivity contribution in [3.8, 4) is 0 Å². The lowest BCUT2D eigenvalue weighted by Gasteiger charge is -2.28. The molecule has 0 atom stereocenters. The third-order valence-electron chi connectivity index (χ3n) is 4.36. The highest BCUT2D eigenvalue weighted by molar-refractivity contribution is 5.48. The minimum Gasteiger partial charge on any atom is -0.378 e. The van der Waals surface area contributed by atoms with Gasteiger partial charge in [0.1, 0.15) is 5.82 Å². The first-order valence-corrected chi connectivity index (χ1v) is 7.83. The normalized spacial score (nSPS) is 19.0. The van der Waals surface area contributed by atoms with Crippen LogP contribution in [0.25, 0.3) is 0 Å². The molecule has 2 aliphatic rings. The largest absolute Gasteiger partial charge is 0.378 e. The number of ether oxygens (including phenoxy) is 1. The van der Waals surface area contributed by atoms with Crippen LogP contribution in [0, 0.1) is 0 Å². The lowest BCUT2D eigenvalue weighted by molar-refractivity contribution is 0.122. The summed E-state index contributed by atoms with van der Waals surface area (Å²) in [6.07, 6.45) is 6.62. The lowest BCUT2D eigenvalue weighted by Crippen LogP contribution is -2.36. The Kier molecular flexibility index (Phi) is 3.39. The van der Waals surface area contributed by atoms with Crippen molar-refractivity contribution in [1.29, 1.82) is 0 Å². The van der Waals surface area contributed by atoms with Gasteiger partial charge in [0.15, 0.2) is 0 Å². The lowest BCUT2D eigenvalue weighted by atomic mass is 10.2. The summed E-state index contributed by atoms with van der Waals surface area (Å²) < 4.78 is 7.70. The van der Waals surface area contributed by atoms with Crippen LogP contribution in [0.2, 0.25) is 0 Å². The van der Waals surface area contributed by atoms with Crippen molar-refractivity contribution in [3.63, 3.8) is 0 Å². The molecule has 2 fully saturated rings. The molecule has 0 N–H and O–H groups in total. The van der Waals surface area contributed by atoms with Crippen LogP contribution in [0.1, 0.15) is 30.1 Å². The number of morpholine rings is 1. The summed E-state index contributed by atoms with van der Waals surface area (Å²) in [6.45, 7) is 4.58. The molecule has 0 amide bonds. The van der Waals surface area contributed by atoms with Gasteiger partial charge in [0.25, 0.3) is 0 Å². The van der Waals surface area contributed by atoms with Crippen LogP contribution in [-0.4, -0.2) is 35.9 Å². The Bertz CT molecular complexity index is 595. The van der Waals surface area contributed by atoms with Gasteiger partial charge >= 0.3 is 0 Å². The van der Waals surface area contributed by atoms with E-state index >= 15 is 0 Å². The second-order valence-electron chi connectivity index (χ2n) is 5.95. The summed E-state index contributed by atoms with van der Waals surface area (Å²) >= 11 is 0. The molecule has 0 bridgehead atoms. The van der Waals surface area contributed by atoms with Gasteiger partial charge in [-0.3, -0.25) is 0 Å². The van der Waals surface area contributed by atoms with Crippen molar-refractivity contribution in [2.45, 2.75) is 25.3 Å². The van der Waals surface area contributed by atoms with Gasteiger partial charge in [-0.25, -0.2) is 4.98 Å². The van der Waals surface area contributed by atoms with E-state index in [1.165, 1.54) is 29.9 Å². The maximum atomic E-state index is 5.40. The van der Waals surface area contributed by atoms with Gasteiger partial charge in [-0.1, -0.05) is 12.1 Å². The number of benzene rings is 1. The second-order valence-corrected chi connectivity index (χ2v) is 5.95. The van der Waals surface area contributed by atoms with Gasteiger partial charge in [0.2, 0.25) is 0 Å². The monoisotopic (exact) mass is 283 g/mol. The van der Waals surface area contributed by atoms with E-state index in [-0.39, 0.29) is 0 Å². The minimum absolute atomic E-state index is 0.702. The summed E-state index contributed by atoms with van der Waals surface area (Å²) in [6, 6.07) is 8.94. The predicted molar refractivity (Wildman–Crippen MR) is 82.8 cm³/mol. The van der Waals surface area contributed by atoms with E-state index in [0.717, 1.165) is 32.8 Å². The zero-order chi connectivity index (χ0) is 14.1. The molecule has 1 aromatic heterocycles. The standard InChI is InChI=1S/C17H21N3O/c1-5-16(19-9-11-21-12-10-19)6-2-14(1)13-20-8-7-18-17(20)15-3-4-15/h1-2,5-8,15H,3-4,9-13H2. The molecule has 0 radical (unpaired) electrons. The van der Waals surface area contributed by atoms with E-state index in [4.69, 9.17) is 4.74 Å². The molecule has 4 heteroatoms. The SMILES string of the molecule is c1cn(Cc2ccc(N3CCOCC3)cc2)c(C2CC2)n1. The van der Waals surface area contributed by atoms with Crippen LogP contribution in [-0.2, 0) is 11.3 Å². The molecule has 2 aromatic rings. The molecular formula is C17H21N3O. The van der Waals surface area contributed by atoms with Crippen molar-refractivity contribution in [2.75, 3.05) is 31.2 Å². The van der Waals surface area contributed by atoms with Crippen molar-refractivity contribution in [1.82, 2.24) is 9.55 Å². The van der Waals surface area contributed by atoms with Gasteiger partial charge in [0, 0.05) is 43.6 Å². The van der Waals surface area contributed by atoms with E-state index in [2.05, 4.69) is 44.9 Å². The van der Waals surface area contributed by atoms with Gasteiger partial charge in [-0.2, -0.15) is 0 Å². The average molecular weight is 283 g/mol. The minimum atomic E-state index is 0.702. The molecule has 110 valence electrons. The number of aromatic nitrogens is 2. The Morgan fingerprint density at radius 3 is 2.57 bits per heavy atom. The molecule has 0 spiro atoms. The van der Waals surface area contributed by atoms with Gasteiger partial charge in [0.05, 0.1) is 13.2 Å². The summed E-state index contributed by atoms with van der Waals surface area (Å²) in [4.78, 5) is 6.90. The topological polar surface area (TPSA) is 30.3 Å².